The Balaban J connectivity index is 2.78. The molecule has 18 heavy (non-hydrogen) atoms. The highest BCUT2D eigenvalue weighted by atomic mass is 35.5. The number of nitro benzene ring substituents is 1. The molecule has 2 rings (SSSR count). The normalized spacial score (nSPS) is 10.8. The van der Waals surface area contributed by atoms with E-state index in [1.807, 2.05) is 0 Å². The van der Waals surface area contributed by atoms with Gasteiger partial charge < -0.3 is 4.74 Å². The van der Waals surface area contributed by atoms with Gasteiger partial charge in [-0.15, -0.1) is 0 Å². The number of ether oxygens (including phenoxy) is 1. The van der Waals surface area contributed by atoms with E-state index in [4.69, 9.17) is 16.3 Å². The van der Waals surface area contributed by atoms with Gasteiger partial charge in [0, 0.05) is 24.3 Å². The predicted molar refractivity (Wildman–Crippen MR) is 64.1 cm³/mol. The second-order valence-electron chi connectivity index (χ2n) is 3.61. The molecule has 0 saturated carbocycles. The van der Waals surface area contributed by atoms with Crippen LogP contribution in [0.5, 0.6) is 0 Å². The molecule has 1 aromatic carbocycles. The van der Waals surface area contributed by atoms with Crippen molar-refractivity contribution < 1.29 is 14.1 Å². The number of hydrogen-bond acceptors (Lipinski definition) is 4. The number of pyridine rings is 1. The number of fused-ring (bicyclic) bond motifs is 1. The van der Waals surface area contributed by atoms with Crippen LogP contribution in [0.2, 0.25) is 5.02 Å². The molecule has 1 aromatic heterocycles. The Morgan fingerprint density at radius 3 is 2.89 bits per heavy atom. The van der Waals surface area contributed by atoms with Crippen LogP contribution < -0.4 is 0 Å². The van der Waals surface area contributed by atoms with E-state index in [1.165, 1.54) is 13.3 Å². The highest BCUT2D eigenvalue weighted by Gasteiger charge is 2.18. The molecule has 0 atom stereocenters. The van der Waals surface area contributed by atoms with E-state index in [-0.39, 0.29) is 22.5 Å². The van der Waals surface area contributed by atoms with Gasteiger partial charge in [0.05, 0.1) is 22.6 Å². The predicted octanol–water partition coefficient (Wildman–Crippen LogP) is 3.08. The molecule has 1 heterocycles. The van der Waals surface area contributed by atoms with Crippen LogP contribution in [0.15, 0.2) is 18.3 Å². The summed E-state index contributed by atoms with van der Waals surface area (Å²) in [5.41, 5.74) is 0.202. The molecule has 0 fully saturated rings. The van der Waals surface area contributed by atoms with Gasteiger partial charge in [0.2, 0.25) is 0 Å². The van der Waals surface area contributed by atoms with Crippen molar-refractivity contribution in [3.05, 3.63) is 44.8 Å². The fourth-order valence-electron chi connectivity index (χ4n) is 1.66. The lowest BCUT2D eigenvalue weighted by atomic mass is 10.1. The van der Waals surface area contributed by atoms with E-state index in [0.29, 0.717) is 5.56 Å². The Bertz CT molecular complexity index is 633. The molecule has 0 N–H and O–H groups in total. The summed E-state index contributed by atoms with van der Waals surface area (Å²) in [6, 6.07) is 1.94. The molecule has 0 spiro atoms. The van der Waals surface area contributed by atoms with Gasteiger partial charge in [-0.05, 0) is 6.07 Å². The Morgan fingerprint density at radius 1 is 1.56 bits per heavy atom. The lowest BCUT2D eigenvalue weighted by Gasteiger charge is -2.06. The van der Waals surface area contributed by atoms with Crippen LogP contribution in [0, 0.1) is 15.9 Å². The van der Waals surface area contributed by atoms with Crippen molar-refractivity contribution in [1.82, 2.24) is 4.98 Å². The van der Waals surface area contributed by atoms with Gasteiger partial charge in [-0.2, -0.15) is 0 Å². The summed E-state index contributed by atoms with van der Waals surface area (Å²) in [7, 11) is 1.48. The average Bonchev–Trinajstić information content (AvgIpc) is 2.32. The third kappa shape index (κ3) is 2.12. The number of rotatable bonds is 3. The molecule has 0 radical (unpaired) electrons. The highest BCUT2D eigenvalue weighted by Crippen LogP contribution is 2.32. The highest BCUT2D eigenvalue weighted by molar-refractivity contribution is 6.36. The summed E-state index contributed by atoms with van der Waals surface area (Å²) >= 11 is 6.06. The van der Waals surface area contributed by atoms with Gasteiger partial charge >= 0.3 is 0 Å². The SMILES string of the molecule is COCc1cnc2c([N+](=O)[O-])cc(F)cc2c1Cl. The van der Waals surface area contributed by atoms with Gasteiger partial charge in [0.25, 0.3) is 5.69 Å². The van der Waals surface area contributed by atoms with Crippen LogP contribution in [0.3, 0.4) is 0 Å². The summed E-state index contributed by atoms with van der Waals surface area (Å²) in [6.45, 7) is 0.200. The van der Waals surface area contributed by atoms with Crippen LogP contribution in [-0.2, 0) is 11.3 Å². The van der Waals surface area contributed by atoms with Gasteiger partial charge in [0.1, 0.15) is 11.3 Å². The topological polar surface area (TPSA) is 65.3 Å². The minimum Gasteiger partial charge on any atom is -0.380 e. The van der Waals surface area contributed by atoms with Crippen LogP contribution in [0.25, 0.3) is 10.9 Å². The van der Waals surface area contributed by atoms with Gasteiger partial charge in [-0.1, -0.05) is 11.6 Å². The maximum atomic E-state index is 13.3. The molecule has 0 bridgehead atoms. The van der Waals surface area contributed by atoms with Crippen molar-refractivity contribution in [2.45, 2.75) is 6.61 Å². The first-order chi connectivity index (χ1) is 8.54. The zero-order valence-electron chi connectivity index (χ0n) is 9.31. The number of aromatic nitrogens is 1. The van der Waals surface area contributed by atoms with E-state index < -0.39 is 16.4 Å². The van der Waals surface area contributed by atoms with Crippen molar-refractivity contribution in [2.75, 3.05) is 7.11 Å². The number of non-ortho nitro benzene ring substituents is 1. The number of methoxy groups -OCH3 is 1. The quantitative estimate of drug-likeness (QED) is 0.635. The molecule has 0 saturated heterocycles. The second kappa shape index (κ2) is 4.83. The maximum Gasteiger partial charge on any atom is 0.298 e. The summed E-state index contributed by atoms with van der Waals surface area (Å²) in [5.74, 6) is -0.729. The second-order valence-corrected chi connectivity index (χ2v) is 3.99. The standard InChI is InChI=1S/C11H8ClFN2O3/c1-18-5-6-4-14-11-8(10(6)12)2-7(13)3-9(11)15(16)17/h2-4H,5H2,1H3. The maximum absolute atomic E-state index is 13.3. The van der Waals surface area contributed by atoms with E-state index in [0.717, 1.165) is 12.1 Å². The molecule has 0 aliphatic rings. The van der Waals surface area contributed by atoms with E-state index in [1.54, 1.807) is 0 Å². The molecule has 94 valence electrons. The van der Waals surface area contributed by atoms with Gasteiger partial charge in [0.15, 0.2) is 0 Å². The number of halogens is 2. The monoisotopic (exact) mass is 270 g/mol. The molecule has 0 unspecified atom stereocenters. The molecule has 0 aliphatic carbocycles. The summed E-state index contributed by atoms with van der Waals surface area (Å²) < 4.78 is 18.2. The van der Waals surface area contributed by atoms with Crippen molar-refractivity contribution in [2.24, 2.45) is 0 Å². The molecule has 2 aromatic rings. The number of nitrogens with zero attached hydrogens (tertiary/aromatic N) is 2. The molecule has 0 amide bonds. The first-order valence-electron chi connectivity index (χ1n) is 4.94. The van der Waals surface area contributed by atoms with Crippen LogP contribution in [-0.4, -0.2) is 17.0 Å². The largest absolute Gasteiger partial charge is 0.380 e. The first kappa shape index (κ1) is 12.7. The van der Waals surface area contributed by atoms with Crippen LogP contribution in [0.4, 0.5) is 10.1 Å². The van der Waals surface area contributed by atoms with Crippen molar-refractivity contribution in [3.8, 4) is 0 Å². The fraction of sp³-hybridized carbons (Fsp3) is 0.182. The van der Waals surface area contributed by atoms with E-state index in [9.17, 15) is 14.5 Å². The fourth-order valence-corrected chi connectivity index (χ4v) is 1.90. The molecular formula is C11H8ClFN2O3. The minimum atomic E-state index is -0.729. The van der Waals surface area contributed by atoms with E-state index >= 15 is 0 Å². The smallest absolute Gasteiger partial charge is 0.298 e. The Labute approximate surface area is 106 Å². The van der Waals surface area contributed by atoms with E-state index in [2.05, 4.69) is 4.98 Å². The average molecular weight is 271 g/mol. The lowest BCUT2D eigenvalue weighted by Crippen LogP contribution is -1.97. The van der Waals surface area contributed by atoms with Crippen molar-refractivity contribution in [3.63, 3.8) is 0 Å². The molecule has 7 heteroatoms. The number of nitro groups is 1. The number of hydrogen-bond donors (Lipinski definition) is 0. The molecule has 0 aliphatic heterocycles. The number of benzene rings is 1. The molecular weight excluding hydrogens is 263 g/mol. The minimum absolute atomic E-state index is 0.0613. The molecule has 5 nitrogen and oxygen atoms in total. The van der Waals surface area contributed by atoms with Crippen molar-refractivity contribution in [1.29, 1.82) is 0 Å². The Morgan fingerprint density at radius 2 is 2.28 bits per heavy atom. The zero-order chi connectivity index (χ0) is 13.3. The summed E-state index contributed by atoms with van der Waals surface area (Å²) in [5, 5.41) is 11.2. The summed E-state index contributed by atoms with van der Waals surface area (Å²) in [6.07, 6.45) is 1.39. The lowest BCUT2D eigenvalue weighted by molar-refractivity contribution is -0.383. The van der Waals surface area contributed by atoms with Crippen molar-refractivity contribution >= 4 is 28.2 Å². The van der Waals surface area contributed by atoms with Gasteiger partial charge in [-0.25, -0.2) is 9.37 Å². The zero-order valence-corrected chi connectivity index (χ0v) is 10.1. The first-order valence-corrected chi connectivity index (χ1v) is 5.32. The van der Waals surface area contributed by atoms with Crippen LogP contribution in [0.1, 0.15) is 5.56 Å². The van der Waals surface area contributed by atoms with Crippen LogP contribution >= 0.6 is 11.6 Å². The third-order valence-corrected chi connectivity index (χ3v) is 2.87. The Kier molecular flexibility index (Phi) is 3.40. The third-order valence-electron chi connectivity index (χ3n) is 2.42. The van der Waals surface area contributed by atoms with Gasteiger partial charge in [-0.3, -0.25) is 10.1 Å². The Hall–Kier alpha value is -1.79. The summed E-state index contributed by atoms with van der Waals surface area (Å²) in [4.78, 5) is 14.1.